The Kier molecular flexibility index (Phi) is 5.93. The lowest BCUT2D eigenvalue weighted by molar-refractivity contribution is -0.132. The molecule has 1 aromatic carbocycles. The molecule has 6 nitrogen and oxygen atoms in total. The number of nitrogens with zero attached hydrogens (tertiary/aromatic N) is 2. The van der Waals surface area contributed by atoms with Gasteiger partial charge < -0.3 is 15.8 Å². The smallest absolute Gasteiger partial charge is 0.225 e. The maximum atomic E-state index is 12.4. The molecule has 1 saturated heterocycles. The van der Waals surface area contributed by atoms with E-state index in [1.165, 1.54) is 23.3 Å². The third kappa shape index (κ3) is 4.14. The zero-order chi connectivity index (χ0) is 22.0. The number of aryl methyl sites for hydroxylation is 2. The van der Waals surface area contributed by atoms with Gasteiger partial charge in [-0.15, -0.1) is 11.3 Å². The molecule has 3 N–H and O–H groups in total. The second-order valence-corrected chi connectivity index (χ2v) is 9.76. The van der Waals surface area contributed by atoms with Gasteiger partial charge in [0.2, 0.25) is 5.91 Å². The summed E-state index contributed by atoms with van der Waals surface area (Å²) in [6, 6.07) is 10.1. The molecular weight excluding hydrogens is 420 g/mol. The van der Waals surface area contributed by atoms with E-state index in [4.69, 9.17) is 20.4 Å². The van der Waals surface area contributed by atoms with Gasteiger partial charge in [0.15, 0.2) is 5.82 Å². The Morgan fingerprint density at radius 2 is 1.91 bits per heavy atom. The van der Waals surface area contributed by atoms with Crippen molar-refractivity contribution in [3.63, 3.8) is 0 Å². The molecule has 3 aromatic rings. The van der Waals surface area contributed by atoms with Gasteiger partial charge in [0.1, 0.15) is 10.6 Å². The van der Waals surface area contributed by atoms with Crippen molar-refractivity contribution >= 4 is 45.4 Å². The van der Waals surface area contributed by atoms with Gasteiger partial charge in [-0.2, -0.15) is 0 Å². The van der Waals surface area contributed by atoms with Crippen LogP contribution in [0.25, 0.3) is 22.4 Å². The van der Waals surface area contributed by atoms with E-state index in [2.05, 4.69) is 17.4 Å². The number of anilines is 1. The average Bonchev–Trinajstić information content (AvgIpc) is 3.21. The van der Waals surface area contributed by atoms with Crippen LogP contribution in [0.5, 0.6) is 0 Å². The van der Waals surface area contributed by atoms with Crippen LogP contribution in [0, 0.1) is 5.41 Å². The topological polar surface area (TPSA) is 90.1 Å². The fourth-order valence-electron chi connectivity index (χ4n) is 4.64. The summed E-state index contributed by atoms with van der Waals surface area (Å²) in [7, 11) is 0. The summed E-state index contributed by atoms with van der Waals surface area (Å²) in [5.74, 6) is 1.21. The number of ether oxygens (including phenoxy) is 1. The van der Waals surface area contributed by atoms with E-state index in [1.807, 2.05) is 30.4 Å². The van der Waals surface area contributed by atoms with Crippen molar-refractivity contribution in [2.75, 3.05) is 25.1 Å². The molecule has 2 aliphatic rings. The summed E-state index contributed by atoms with van der Waals surface area (Å²) in [6.07, 6.45) is 9.82. The molecule has 32 heavy (non-hydrogen) atoms. The van der Waals surface area contributed by atoms with Crippen molar-refractivity contribution in [3.8, 4) is 0 Å². The maximum Gasteiger partial charge on any atom is 0.225 e. The summed E-state index contributed by atoms with van der Waals surface area (Å²) < 4.78 is 5.48. The lowest BCUT2D eigenvalue weighted by Crippen LogP contribution is -2.46. The quantitative estimate of drug-likeness (QED) is 0.582. The highest BCUT2D eigenvalue weighted by atomic mass is 32.1. The van der Waals surface area contributed by atoms with Gasteiger partial charge in [-0.1, -0.05) is 36.4 Å². The molecule has 0 atom stereocenters. The highest BCUT2D eigenvalue weighted by Gasteiger charge is 2.38. The Balaban J connectivity index is 1.52. The Hall–Kier alpha value is -2.77. The molecule has 1 aliphatic heterocycles. The van der Waals surface area contributed by atoms with E-state index < -0.39 is 5.41 Å². The first kappa shape index (κ1) is 21.1. The van der Waals surface area contributed by atoms with Crippen LogP contribution in [0.2, 0.25) is 0 Å². The number of carbonyl (C=O) groups excluding carboxylic acids is 1. The molecule has 1 fully saturated rings. The second-order valence-electron chi connectivity index (χ2n) is 8.68. The molecule has 7 heteroatoms. The monoisotopic (exact) mass is 448 g/mol. The normalized spacial score (nSPS) is 18.0. The van der Waals surface area contributed by atoms with Crippen molar-refractivity contribution < 1.29 is 9.53 Å². The summed E-state index contributed by atoms with van der Waals surface area (Å²) in [4.78, 5) is 24.5. The van der Waals surface area contributed by atoms with E-state index in [0.717, 1.165) is 34.4 Å². The summed E-state index contributed by atoms with van der Waals surface area (Å²) in [6.45, 7) is 1.58. The predicted octanol–water partition coefficient (Wildman–Crippen LogP) is 4.43. The first-order valence-corrected chi connectivity index (χ1v) is 12.1. The SMILES string of the molecule is NC(=O)C1(CNc2nc(C=Cc3ccccc3)nc3sc4c(c23)CCCC4)CCOCC1. The highest BCUT2D eigenvalue weighted by molar-refractivity contribution is 7.19. The molecule has 0 unspecified atom stereocenters. The first-order valence-electron chi connectivity index (χ1n) is 11.3. The molecule has 5 rings (SSSR count). The number of thiophene rings is 1. The van der Waals surface area contributed by atoms with Gasteiger partial charge in [-0.25, -0.2) is 9.97 Å². The lowest BCUT2D eigenvalue weighted by atomic mass is 9.79. The summed E-state index contributed by atoms with van der Waals surface area (Å²) >= 11 is 1.78. The number of nitrogens with two attached hydrogens (primary N) is 1. The predicted molar refractivity (Wildman–Crippen MR) is 130 cm³/mol. The Bertz CT molecular complexity index is 1150. The Labute approximate surface area is 191 Å². The second kappa shape index (κ2) is 9.00. The number of hydrogen-bond donors (Lipinski definition) is 2. The van der Waals surface area contributed by atoms with Crippen molar-refractivity contribution in [1.82, 2.24) is 9.97 Å². The van der Waals surface area contributed by atoms with Gasteiger partial charge >= 0.3 is 0 Å². The maximum absolute atomic E-state index is 12.4. The van der Waals surface area contributed by atoms with Crippen LogP contribution >= 0.6 is 11.3 Å². The third-order valence-corrected chi connectivity index (χ3v) is 7.81. The standard InChI is InChI=1S/C25H28N4O2S/c26-24(30)25(12-14-31-15-13-25)16-27-22-21-18-8-4-5-9-19(18)32-23(21)29-20(28-22)11-10-17-6-2-1-3-7-17/h1-3,6-7,10-11H,4-5,8-9,12-16H2,(H2,26,30)(H,27,28,29). The van der Waals surface area contributed by atoms with Gasteiger partial charge in [0.25, 0.3) is 0 Å². The zero-order valence-electron chi connectivity index (χ0n) is 18.1. The summed E-state index contributed by atoms with van der Waals surface area (Å²) in [5, 5.41) is 4.64. The molecule has 0 saturated carbocycles. The number of nitrogens with one attached hydrogen (secondary N) is 1. The molecule has 1 aliphatic carbocycles. The minimum Gasteiger partial charge on any atom is -0.381 e. The number of carbonyl (C=O) groups is 1. The van der Waals surface area contributed by atoms with Crippen LogP contribution < -0.4 is 11.1 Å². The van der Waals surface area contributed by atoms with Gasteiger partial charge in [0, 0.05) is 24.6 Å². The summed E-state index contributed by atoms with van der Waals surface area (Å²) in [5.41, 5.74) is 7.71. The number of primary amides is 1. The fourth-order valence-corrected chi connectivity index (χ4v) is 5.90. The van der Waals surface area contributed by atoms with E-state index in [9.17, 15) is 4.79 Å². The van der Waals surface area contributed by atoms with Crippen LogP contribution in [0.3, 0.4) is 0 Å². The van der Waals surface area contributed by atoms with Gasteiger partial charge in [-0.05, 0) is 55.7 Å². The molecule has 0 radical (unpaired) electrons. The minimum atomic E-state index is -0.606. The first-order chi connectivity index (χ1) is 15.6. The minimum absolute atomic E-state index is 0.268. The van der Waals surface area contributed by atoms with Crippen LogP contribution in [0.4, 0.5) is 5.82 Å². The van der Waals surface area contributed by atoms with E-state index in [0.29, 0.717) is 38.4 Å². The van der Waals surface area contributed by atoms with Crippen molar-refractivity contribution in [2.24, 2.45) is 11.1 Å². The zero-order valence-corrected chi connectivity index (χ0v) is 18.9. The largest absolute Gasteiger partial charge is 0.381 e. The van der Waals surface area contributed by atoms with E-state index in [1.54, 1.807) is 11.3 Å². The van der Waals surface area contributed by atoms with Crippen LogP contribution in [-0.2, 0) is 22.4 Å². The van der Waals surface area contributed by atoms with Gasteiger partial charge in [-0.3, -0.25) is 4.79 Å². The average molecular weight is 449 g/mol. The molecule has 1 amide bonds. The molecule has 166 valence electrons. The van der Waals surface area contributed by atoms with Crippen LogP contribution in [0.15, 0.2) is 30.3 Å². The van der Waals surface area contributed by atoms with E-state index >= 15 is 0 Å². The molecule has 3 heterocycles. The highest BCUT2D eigenvalue weighted by Crippen LogP contribution is 2.39. The third-order valence-electron chi connectivity index (χ3n) is 6.62. The number of benzene rings is 1. The Morgan fingerprint density at radius 1 is 1.12 bits per heavy atom. The molecule has 0 bridgehead atoms. The number of hydrogen-bond acceptors (Lipinski definition) is 6. The van der Waals surface area contributed by atoms with Crippen molar-refractivity contribution in [3.05, 3.63) is 52.2 Å². The van der Waals surface area contributed by atoms with Crippen molar-refractivity contribution in [2.45, 2.75) is 38.5 Å². The lowest BCUT2D eigenvalue weighted by Gasteiger charge is -2.34. The molecular formula is C25H28N4O2S. The van der Waals surface area contributed by atoms with Crippen LogP contribution in [0.1, 0.15) is 47.5 Å². The molecule has 2 aromatic heterocycles. The number of fused-ring (bicyclic) bond motifs is 3. The molecule has 0 spiro atoms. The Morgan fingerprint density at radius 3 is 2.69 bits per heavy atom. The number of aromatic nitrogens is 2. The van der Waals surface area contributed by atoms with Crippen LogP contribution in [-0.4, -0.2) is 35.6 Å². The number of rotatable bonds is 6. The van der Waals surface area contributed by atoms with Gasteiger partial charge in [0.05, 0.1) is 10.8 Å². The number of amides is 1. The van der Waals surface area contributed by atoms with Crippen molar-refractivity contribution in [1.29, 1.82) is 0 Å². The van der Waals surface area contributed by atoms with E-state index in [-0.39, 0.29) is 5.91 Å². The fraction of sp³-hybridized carbons (Fsp3) is 0.400.